The first-order valence-corrected chi connectivity index (χ1v) is 7.81. The number of carbonyl (C=O) groups is 1. The van der Waals surface area contributed by atoms with Gasteiger partial charge in [0.25, 0.3) is 0 Å². The molecule has 2 rings (SSSR count). The van der Waals surface area contributed by atoms with Gasteiger partial charge in [0.1, 0.15) is 5.75 Å². The van der Waals surface area contributed by atoms with E-state index in [4.69, 9.17) is 4.74 Å². The van der Waals surface area contributed by atoms with E-state index < -0.39 is 6.10 Å². The van der Waals surface area contributed by atoms with Crippen molar-refractivity contribution in [2.75, 3.05) is 13.7 Å². The van der Waals surface area contributed by atoms with E-state index in [1.54, 1.807) is 7.11 Å². The van der Waals surface area contributed by atoms with Crippen LogP contribution in [0.3, 0.4) is 0 Å². The van der Waals surface area contributed by atoms with Gasteiger partial charge in [-0.25, -0.2) is 0 Å². The number of methoxy groups -OCH3 is 1. The number of aliphatic hydroxyl groups is 1. The topological polar surface area (TPSA) is 58.6 Å². The van der Waals surface area contributed by atoms with Gasteiger partial charge in [0.2, 0.25) is 5.91 Å². The van der Waals surface area contributed by atoms with Crippen LogP contribution in [0.15, 0.2) is 54.6 Å². The lowest BCUT2D eigenvalue weighted by Gasteiger charge is -2.11. The number of benzene rings is 2. The molecule has 2 aromatic carbocycles. The Labute approximate surface area is 137 Å². The summed E-state index contributed by atoms with van der Waals surface area (Å²) in [7, 11) is 1.63. The summed E-state index contributed by atoms with van der Waals surface area (Å²) in [6.07, 6.45) is 1.10. The predicted molar refractivity (Wildman–Crippen MR) is 90.3 cm³/mol. The highest BCUT2D eigenvalue weighted by Gasteiger charge is 2.08. The van der Waals surface area contributed by atoms with Crippen molar-refractivity contribution in [2.24, 2.45) is 0 Å². The van der Waals surface area contributed by atoms with Crippen molar-refractivity contribution in [3.8, 4) is 5.75 Å². The molecule has 0 aliphatic heterocycles. The van der Waals surface area contributed by atoms with Crippen LogP contribution < -0.4 is 10.1 Å². The van der Waals surface area contributed by atoms with Gasteiger partial charge in [0.05, 0.1) is 13.2 Å². The summed E-state index contributed by atoms with van der Waals surface area (Å²) in [6, 6.07) is 17.2. The van der Waals surface area contributed by atoms with Gasteiger partial charge in [-0.2, -0.15) is 0 Å². The second-order valence-corrected chi connectivity index (χ2v) is 5.41. The Bertz CT molecular complexity index is 596. The van der Waals surface area contributed by atoms with Crippen LogP contribution in [0.2, 0.25) is 0 Å². The van der Waals surface area contributed by atoms with E-state index in [9.17, 15) is 9.90 Å². The zero-order chi connectivity index (χ0) is 16.5. The van der Waals surface area contributed by atoms with Crippen molar-refractivity contribution in [1.29, 1.82) is 0 Å². The maximum absolute atomic E-state index is 11.8. The third-order valence-electron chi connectivity index (χ3n) is 3.72. The monoisotopic (exact) mass is 313 g/mol. The first-order valence-electron chi connectivity index (χ1n) is 7.81. The van der Waals surface area contributed by atoms with Crippen LogP contribution in [0.1, 0.15) is 30.1 Å². The summed E-state index contributed by atoms with van der Waals surface area (Å²) in [5.74, 6) is 0.814. The molecule has 0 saturated heterocycles. The molecule has 0 saturated carbocycles. The SMILES string of the molecule is COc1ccc(CCC(=O)NCCC(O)c2ccccc2)cc1. The number of hydrogen-bond acceptors (Lipinski definition) is 3. The Morgan fingerprint density at radius 1 is 1.13 bits per heavy atom. The van der Waals surface area contributed by atoms with Gasteiger partial charge < -0.3 is 15.2 Å². The van der Waals surface area contributed by atoms with Crippen LogP contribution in [-0.2, 0) is 11.2 Å². The molecule has 0 bridgehead atoms. The van der Waals surface area contributed by atoms with Gasteiger partial charge in [-0.15, -0.1) is 0 Å². The molecule has 1 unspecified atom stereocenters. The van der Waals surface area contributed by atoms with E-state index in [1.165, 1.54) is 0 Å². The molecule has 1 atom stereocenters. The van der Waals surface area contributed by atoms with Crippen LogP contribution in [-0.4, -0.2) is 24.7 Å². The van der Waals surface area contributed by atoms with Crippen LogP contribution in [0.4, 0.5) is 0 Å². The molecule has 0 spiro atoms. The van der Waals surface area contributed by atoms with Gasteiger partial charge in [0, 0.05) is 13.0 Å². The van der Waals surface area contributed by atoms with E-state index in [2.05, 4.69) is 5.32 Å². The van der Waals surface area contributed by atoms with E-state index in [-0.39, 0.29) is 5.91 Å². The molecular formula is C19H23NO3. The Hall–Kier alpha value is -2.33. The number of aryl methyl sites for hydroxylation is 1. The fraction of sp³-hybridized carbons (Fsp3) is 0.316. The second-order valence-electron chi connectivity index (χ2n) is 5.41. The molecule has 0 aliphatic carbocycles. The Morgan fingerprint density at radius 2 is 1.83 bits per heavy atom. The molecule has 1 amide bonds. The number of aliphatic hydroxyl groups excluding tert-OH is 1. The molecule has 2 N–H and O–H groups in total. The fourth-order valence-corrected chi connectivity index (χ4v) is 2.33. The van der Waals surface area contributed by atoms with Crippen molar-refractivity contribution in [2.45, 2.75) is 25.4 Å². The first-order chi connectivity index (χ1) is 11.2. The lowest BCUT2D eigenvalue weighted by atomic mass is 10.1. The number of nitrogens with one attached hydrogen (secondary N) is 1. The Kier molecular flexibility index (Phi) is 6.63. The minimum atomic E-state index is -0.543. The van der Waals surface area contributed by atoms with Crippen LogP contribution in [0.5, 0.6) is 5.75 Å². The third-order valence-corrected chi connectivity index (χ3v) is 3.72. The van der Waals surface area contributed by atoms with Gasteiger partial charge in [0.15, 0.2) is 0 Å². The first kappa shape index (κ1) is 17.0. The van der Waals surface area contributed by atoms with Gasteiger partial charge >= 0.3 is 0 Å². The zero-order valence-electron chi connectivity index (χ0n) is 13.4. The van der Waals surface area contributed by atoms with Crippen molar-refractivity contribution in [3.63, 3.8) is 0 Å². The molecule has 2 aromatic rings. The molecule has 0 aromatic heterocycles. The smallest absolute Gasteiger partial charge is 0.220 e. The summed E-state index contributed by atoms with van der Waals surface area (Å²) < 4.78 is 5.10. The molecule has 0 aliphatic rings. The van der Waals surface area contributed by atoms with E-state index in [0.717, 1.165) is 16.9 Å². The van der Waals surface area contributed by atoms with E-state index in [0.29, 0.717) is 25.8 Å². The highest BCUT2D eigenvalue weighted by atomic mass is 16.5. The van der Waals surface area contributed by atoms with Gasteiger partial charge in [-0.05, 0) is 36.1 Å². The number of ether oxygens (including phenoxy) is 1. The molecule has 23 heavy (non-hydrogen) atoms. The predicted octanol–water partition coefficient (Wildman–Crippen LogP) is 2.87. The normalized spacial score (nSPS) is 11.7. The van der Waals surface area contributed by atoms with Gasteiger partial charge in [-0.1, -0.05) is 42.5 Å². The van der Waals surface area contributed by atoms with Crippen LogP contribution in [0.25, 0.3) is 0 Å². The van der Waals surface area contributed by atoms with E-state index in [1.807, 2.05) is 54.6 Å². The summed E-state index contributed by atoms with van der Waals surface area (Å²) in [6.45, 7) is 0.470. The average molecular weight is 313 g/mol. The minimum Gasteiger partial charge on any atom is -0.497 e. The largest absolute Gasteiger partial charge is 0.497 e. The number of hydrogen-bond donors (Lipinski definition) is 2. The fourth-order valence-electron chi connectivity index (χ4n) is 2.33. The van der Waals surface area contributed by atoms with Crippen molar-refractivity contribution >= 4 is 5.91 Å². The Morgan fingerprint density at radius 3 is 2.48 bits per heavy atom. The number of amides is 1. The zero-order valence-corrected chi connectivity index (χ0v) is 13.4. The maximum atomic E-state index is 11.8. The molecular weight excluding hydrogens is 290 g/mol. The minimum absolute atomic E-state index is 0.001000. The van der Waals surface area contributed by atoms with Crippen molar-refractivity contribution < 1.29 is 14.6 Å². The summed E-state index contributed by atoms with van der Waals surface area (Å²) in [5, 5.41) is 12.9. The molecule has 0 radical (unpaired) electrons. The highest BCUT2D eigenvalue weighted by Crippen LogP contribution is 2.15. The number of rotatable bonds is 8. The van der Waals surface area contributed by atoms with Gasteiger partial charge in [-0.3, -0.25) is 4.79 Å². The molecule has 0 fully saturated rings. The van der Waals surface area contributed by atoms with Crippen molar-refractivity contribution in [3.05, 3.63) is 65.7 Å². The lowest BCUT2D eigenvalue weighted by molar-refractivity contribution is -0.121. The van der Waals surface area contributed by atoms with Crippen molar-refractivity contribution in [1.82, 2.24) is 5.32 Å². The summed E-state index contributed by atoms with van der Waals surface area (Å²) in [4.78, 5) is 11.8. The highest BCUT2D eigenvalue weighted by molar-refractivity contribution is 5.76. The quantitative estimate of drug-likeness (QED) is 0.788. The number of carbonyl (C=O) groups excluding carboxylic acids is 1. The lowest BCUT2D eigenvalue weighted by Crippen LogP contribution is -2.25. The summed E-state index contributed by atoms with van der Waals surface area (Å²) in [5.41, 5.74) is 1.98. The van der Waals surface area contributed by atoms with Crippen LogP contribution in [0, 0.1) is 0 Å². The molecule has 4 nitrogen and oxygen atoms in total. The maximum Gasteiger partial charge on any atom is 0.220 e. The molecule has 4 heteroatoms. The molecule has 122 valence electrons. The summed E-state index contributed by atoms with van der Waals surface area (Å²) >= 11 is 0. The second kappa shape index (κ2) is 8.96. The standard InChI is InChI=1S/C19H23NO3/c1-23-17-10-7-15(8-11-17)9-12-19(22)20-14-13-18(21)16-5-3-2-4-6-16/h2-8,10-11,18,21H,9,12-14H2,1H3,(H,20,22). The molecule has 0 heterocycles. The van der Waals surface area contributed by atoms with Crippen LogP contribution >= 0.6 is 0 Å². The Balaban J connectivity index is 1.66. The average Bonchev–Trinajstić information content (AvgIpc) is 2.61. The van der Waals surface area contributed by atoms with E-state index >= 15 is 0 Å². The third kappa shape index (κ3) is 5.75.